The van der Waals surface area contributed by atoms with Crippen molar-refractivity contribution in [1.82, 2.24) is 14.5 Å². The predicted molar refractivity (Wildman–Crippen MR) is 305 cm³/mol. The molecule has 0 fully saturated rings. The molecule has 0 N–H and O–H groups in total. The summed E-state index contributed by atoms with van der Waals surface area (Å²) >= 11 is 0. The van der Waals surface area contributed by atoms with Gasteiger partial charge in [-0.15, -0.1) is 0 Å². The van der Waals surface area contributed by atoms with E-state index in [4.69, 9.17) is 9.97 Å². The van der Waals surface area contributed by atoms with E-state index in [1.807, 2.05) is 24.3 Å². The third-order valence-electron chi connectivity index (χ3n) is 14.1. The summed E-state index contributed by atoms with van der Waals surface area (Å²) < 4.78 is 2.38. The zero-order valence-electron chi connectivity index (χ0n) is 40.0. The van der Waals surface area contributed by atoms with Crippen LogP contribution in [0.15, 0.2) is 285 Å². The summed E-state index contributed by atoms with van der Waals surface area (Å²) in [5.41, 5.74) is 22.4. The maximum absolute atomic E-state index is 5.13. The molecule has 3 heteroatoms. The Kier molecular flexibility index (Phi) is 11.2. The van der Waals surface area contributed by atoms with E-state index in [0.717, 1.165) is 50.5 Å². The molecule has 0 saturated carbocycles. The fraction of sp³-hybridized carbons (Fsp3) is 0. The van der Waals surface area contributed by atoms with E-state index < -0.39 is 0 Å². The first-order chi connectivity index (χ1) is 36.2. The van der Waals surface area contributed by atoms with Gasteiger partial charge in [0.1, 0.15) is 0 Å². The van der Waals surface area contributed by atoms with Gasteiger partial charge in [0.25, 0.3) is 0 Å². The number of benzene rings is 11. The van der Waals surface area contributed by atoms with Crippen LogP contribution in [-0.4, -0.2) is 14.5 Å². The van der Waals surface area contributed by atoms with Crippen molar-refractivity contribution in [3.05, 3.63) is 285 Å². The minimum atomic E-state index is 0.700. The molecule has 0 atom stereocenters. The van der Waals surface area contributed by atoms with Gasteiger partial charge in [0, 0.05) is 33.2 Å². The summed E-state index contributed by atoms with van der Waals surface area (Å²) in [6, 6.07) is 102. The van der Waals surface area contributed by atoms with E-state index in [2.05, 4.69) is 265 Å². The summed E-state index contributed by atoms with van der Waals surface area (Å²) in [4.78, 5) is 10.2. The molecular weight excluding hydrogens is 883 g/mol. The molecule has 0 aliphatic heterocycles. The van der Waals surface area contributed by atoms with E-state index in [9.17, 15) is 0 Å². The van der Waals surface area contributed by atoms with Crippen LogP contribution >= 0.6 is 0 Å². The molecule has 0 aliphatic rings. The summed E-state index contributed by atoms with van der Waals surface area (Å²) in [5.74, 6) is 0.700. The molecular formula is C70H47N3. The molecule has 2 heterocycles. The molecule has 0 spiro atoms. The van der Waals surface area contributed by atoms with Gasteiger partial charge < -0.3 is 4.57 Å². The first-order valence-corrected chi connectivity index (χ1v) is 24.9. The van der Waals surface area contributed by atoms with Gasteiger partial charge in [-0.3, -0.25) is 0 Å². The Morgan fingerprint density at radius 3 is 1.16 bits per heavy atom. The van der Waals surface area contributed by atoms with Crippen LogP contribution in [0.4, 0.5) is 0 Å². The van der Waals surface area contributed by atoms with Gasteiger partial charge in [-0.1, -0.05) is 237 Å². The molecule has 0 aliphatic carbocycles. The van der Waals surface area contributed by atoms with E-state index >= 15 is 0 Å². The highest BCUT2D eigenvalue weighted by Gasteiger charge is 2.20. The lowest BCUT2D eigenvalue weighted by Gasteiger charge is -2.19. The Bertz CT molecular complexity index is 4060. The van der Waals surface area contributed by atoms with Crippen LogP contribution in [0.25, 0.3) is 128 Å². The topological polar surface area (TPSA) is 30.7 Å². The molecule has 342 valence electrons. The van der Waals surface area contributed by atoms with Crippen molar-refractivity contribution in [3.8, 4) is 106 Å². The molecule has 0 bridgehead atoms. The average Bonchev–Trinajstić information content (AvgIpc) is 3.82. The standard InChI is InChI=1S/C70H47N3/c1-6-18-48(19-7-1)50-32-38-54(39-33-50)65-47-66(72-70(71-65)57-24-12-4-13-25-57)55-40-34-52(35-41-55)51-30-36-53(37-31-51)62-45-59(49-20-8-2-9-21-49)46-63(69(62)56-22-10-3-11-23-56)58-42-43-68-64(44-58)61-28-16-17-29-67(61)73(68)60-26-14-5-15-27-60/h1-47H. The molecule has 11 aromatic carbocycles. The molecule has 0 saturated heterocycles. The fourth-order valence-corrected chi connectivity index (χ4v) is 10.4. The van der Waals surface area contributed by atoms with Crippen LogP contribution in [0.1, 0.15) is 0 Å². The van der Waals surface area contributed by atoms with E-state index in [0.29, 0.717) is 5.82 Å². The number of aromatic nitrogens is 3. The van der Waals surface area contributed by atoms with Crippen LogP contribution in [0.2, 0.25) is 0 Å². The second-order valence-corrected chi connectivity index (χ2v) is 18.5. The van der Waals surface area contributed by atoms with Gasteiger partial charge >= 0.3 is 0 Å². The summed E-state index contributed by atoms with van der Waals surface area (Å²) in [5, 5.41) is 2.46. The van der Waals surface area contributed by atoms with Crippen LogP contribution in [0.3, 0.4) is 0 Å². The highest BCUT2D eigenvalue weighted by Crippen LogP contribution is 2.45. The van der Waals surface area contributed by atoms with Gasteiger partial charge in [-0.25, -0.2) is 9.97 Å². The van der Waals surface area contributed by atoms with Crippen molar-refractivity contribution in [2.75, 3.05) is 0 Å². The van der Waals surface area contributed by atoms with Crippen LogP contribution in [0, 0.1) is 0 Å². The Hall–Kier alpha value is -9.70. The monoisotopic (exact) mass is 929 g/mol. The Labute approximate surface area is 425 Å². The third-order valence-corrected chi connectivity index (χ3v) is 14.1. The molecule has 0 unspecified atom stereocenters. The second-order valence-electron chi connectivity index (χ2n) is 18.5. The molecule has 3 nitrogen and oxygen atoms in total. The van der Waals surface area contributed by atoms with Gasteiger partial charge in [-0.2, -0.15) is 0 Å². The summed E-state index contributed by atoms with van der Waals surface area (Å²) in [6.07, 6.45) is 0. The number of rotatable bonds is 10. The van der Waals surface area contributed by atoms with Crippen molar-refractivity contribution in [2.24, 2.45) is 0 Å². The number of hydrogen-bond donors (Lipinski definition) is 0. The minimum Gasteiger partial charge on any atom is -0.309 e. The number of nitrogens with zero attached hydrogens (tertiary/aromatic N) is 3. The van der Waals surface area contributed by atoms with Crippen LogP contribution in [0.5, 0.6) is 0 Å². The van der Waals surface area contributed by atoms with E-state index in [1.54, 1.807) is 0 Å². The lowest BCUT2D eigenvalue weighted by molar-refractivity contribution is 1.18. The molecule has 2 aromatic heterocycles. The second kappa shape index (κ2) is 18.9. The van der Waals surface area contributed by atoms with Crippen LogP contribution < -0.4 is 0 Å². The first kappa shape index (κ1) is 43.3. The highest BCUT2D eigenvalue weighted by molar-refractivity contribution is 6.11. The normalized spacial score (nSPS) is 11.3. The van der Waals surface area contributed by atoms with Crippen molar-refractivity contribution in [2.45, 2.75) is 0 Å². The van der Waals surface area contributed by atoms with Crippen molar-refractivity contribution < 1.29 is 0 Å². The quantitative estimate of drug-likeness (QED) is 0.137. The van der Waals surface area contributed by atoms with E-state index in [-0.39, 0.29) is 0 Å². The van der Waals surface area contributed by atoms with Crippen molar-refractivity contribution in [1.29, 1.82) is 0 Å². The fourth-order valence-electron chi connectivity index (χ4n) is 10.4. The summed E-state index contributed by atoms with van der Waals surface area (Å²) in [6.45, 7) is 0. The Balaban J connectivity index is 0.890. The zero-order valence-corrected chi connectivity index (χ0v) is 40.0. The number of para-hydroxylation sites is 2. The van der Waals surface area contributed by atoms with Crippen LogP contribution in [-0.2, 0) is 0 Å². The van der Waals surface area contributed by atoms with E-state index in [1.165, 1.54) is 71.9 Å². The molecule has 13 rings (SSSR count). The first-order valence-electron chi connectivity index (χ1n) is 24.9. The third kappa shape index (κ3) is 8.39. The Morgan fingerprint density at radius 1 is 0.233 bits per heavy atom. The number of hydrogen-bond acceptors (Lipinski definition) is 2. The van der Waals surface area contributed by atoms with Gasteiger partial charge in [-0.05, 0) is 115 Å². The maximum atomic E-state index is 5.13. The average molecular weight is 930 g/mol. The van der Waals surface area contributed by atoms with Gasteiger partial charge in [0.15, 0.2) is 5.82 Å². The smallest absolute Gasteiger partial charge is 0.160 e. The van der Waals surface area contributed by atoms with Crippen molar-refractivity contribution >= 4 is 21.8 Å². The largest absolute Gasteiger partial charge is 0.309 e. The predicted octanol–water partition coefficient (Wildman–Crippen LogP) is 18.6. The lowest BCUT2D eigenvalue weighted by Crippen LogP contribution is -1.96. The van der Waals surface area contributed by atoms with Gasteiger partial charge in [0.05, 0.1) is 22.4 Å². The van der Waals surface area contributed by atoms with Crippen molar-refractivity contribution in [3.63, 3.8) is 0 Å². The Morgan fingerprint density at radius 2 is 0.616 bits per heavy atom. The summed E-state index contributed by atoms with van der Waals surface area (Å²) in [7, 11) is 0. The molecule has 0 amide bonds. The maximum Gasteiger partial charge on any atom is 0.160 e. The SMILES string of the molecule is c1ccc(-c2ccc(-c3cc(-c4ccc(-c5ccc(-c6cc(-c7ccccc7)cc(-c7ccc8c(c7)c7ccccc7n8-c7ccccc7)c6-c6ccccc6)cc5)cc4)nc(-c4ccccc4)n3)cc2)cc1. The van der Waals surface area contributed by atoms with Gasteiger partial charge in [0.2, 0.25) is 0 Å². The molecule has 73 heavy (non-hydrogen) atoms. The minimum absolute atomic E-state index is 0.700. The number of fused-ring (bicyclic) bond motifs is 3. The lowest BCUT2D eigenvalue weighted by atomic mass is 9.84. The highest BCUT2D eigenvalue weighted by atomic mass is 15.0. The zero-order chi connectivity index (χ0) is 48.5. The molecule has 0 radical (unpaired) electrons. The molecule has 13 aromatic rings.